The van der Waals surface area contributed by atoms with Gasteiger partial charge in [-0.3, -0.25) is 9.59 Å². The maximum Gasteiger partial charge on any atom is 0.251 e. The first kappa shape index (κ1) is 16.1. The van der Waals surface area contributed by atoms with Crippen LogP contribution in [0.5, 0.6) is 0 Å². The van der Waals surface area contributed by atoms with Gasteiger partial charge in [-0.15, -0.1) is 0 Å². The number of hydrogen-bond donors (Lipinski definition) is 1. The molecule has 0 radical (unpaired) electrons. The zero-order chi connectivity index (χ0) is 16.2. The molecule has 6 heteroatoms. The van der Waals surface area contributed by atoms with E-state index in [1.54, 1.807) is 10.6 Å². The SMILES string of the molecule is CC1CCN(c2ccc(=O)n(CC(=O)N3CCNCC3)c2)CC1. The summed E-state index contributed by atoms with van der Waals surface area (Å²) in [6.07, 6.45) is 4.20. The zero-order valence-electron chi connectivity index (χ0n) is 13.8. The Morgan fingerprint density at radius 2 is 1.87 bits per heavy atom. The first-order valence-electron chi connectivity index (χ1n) is 8.57. The van der Waals surface area contributed by atoms with E-state index in [4.69, 9.17) is 0 Å². The second kappa shape index (κ2) is 7.17. The van der Waals surface area contributed by atoms with Crippen LogP contribution in [0.25, 0.3) is 0 Å². The highest BCUT2D eigenvalue weighted by Crippen LogP contribution is 2.21. The molecule has 0 aromatic carbocycles. The van der Waals surface area contributed by atoms with Crippen LogP contribution in [-0.4, -0.2) is 54.6 Å². The number of amides is 1. The van der Waals surface area contributed by atoms with Crippen LogP contribution in [0, 0.1) is 5.92 Å². The van der Waals surface area contributed by atoms with Crippen molar-refractivity contribution in [2.75, 3.05) is 44.2 Å². The van der Waals surface area contributed by atoms with Crippen molar-refractivity contribution in [3.63, 3.8) is 0 Å². The summed E-state index contributed by atoms with van der Waals surface area (Å²) in [5.74, 6) is 0.796. The largest absolute Gasteiger partial charge is 0.370 e. The lowest BCUT2D eigenvalue weighted by Gasteiger charge is -2.32. The van der Waals surface area contributed by atoms with Gasteiger partial charge in [-0.1, -0.05) is 6.92 Å². The number of nitrogens with one attached hydrogen (secondary N) is 1. The number of rotatable bonds is 3. The molecule has 0 unspecified atom stereocenters. The molecule has 0 aliphatic carbocycles. The van der Waals surface area contributed by atoms with Crippen LogP contribution in [0.2, 0.25) is 0 Å². The van der Waals surface area contributed by atoms with Gasteiger partial charge in [0.1, 0.15) is 6.54 Å². The number of carbonyl (C=O) groups is 1. The van der Waals surface area contributed by atoms with E-state index < -0.39 is 0 Å². The van der Waals surface area contributed by atoms with Crippen molar-refractivity contribution in [2.45, 2.75) is 26.3 Å². The van der Waals surface area contributed by atoms with Crippen LogP contribution in [0.15, 0.2) is 23.1 Å². The fraction of sp³-hybridized carbons (Fsp3) is 0.647. The highest BCUT2D eigenvalue weighted by atomic mass is 16.2. The van der Waals surface area contributed by atoms with Crippen molar-refractivity contribution in [1.29, 1.82) is 0 Å². The number of hydrogen-bond acceptors (Lipinski definition) is 4. The third kappa shape index (κ3) is 3.93. The molecule has 2 saturated heterocycles. The van der Waals surface area contributed by atoms with Gasteiger partial charge in [-0.05, 0) is 24.8 Å². The lowest BCUT2D eigenvalue weighted by Crippen LogP contribution is -2.48. The molecule has 23 heavy (non-hydrogen) atoms. The van der Waals surface area contributed by atoms with Crippen molar-refractivity contribution in [2.24, 2.45) is 5.92 Å². The monoisotopic (exact) mass is 318 g/mol. The smallest absolute Gasteiger partial charge is 0.251 e. The molecule has 2 aliphatic rings. The standard InChI is InChI=1S/C17H26N4O2/c1-14-4-8-19(9-5-14)15-2-3-16(22)21(12-15)13-17(23)20-10-6-18-7-11-20/h2-3,12,14,18H,4-11,13H2,1H3. The van der Waals surface area contributed by atoms with Crippen LogP contribution >= 0.6 is 0 Å². The molecule has 1 aromatic heterocycles. The molecule has 126 valence electrons. The Labute approximate surface area is 137 Å². The van der Waals surface area contributed by atoms with Crippen LogP contribution in [0.3, 0.4) is 0 Å². The molecule has 0 saturated carbocycles. The molecule has 3 heterocycles. The number of carbonyl (C=O) groups excluding carboxylic acids is 1. The second-order valence-electron chi connectivity index (χ2n) is 6.65. The first-order valence-corrected chi connectivity index (χ1v) is 8.57. The molecule has 1 N–H and O–H groups in total. The molecular formula is C17H26N4O2. The number of piperazine rings is 1. The average molecular weight is 318 g/mol. The molecule has 2 aliphatic heterocycles. The Bertz CT molecular complexity index is 599. The molecule has 0 atom stereocenters. The lowest BCUT2D eigenvalue weighted by atomic mass is 9.99. The summed E-state index contributed by atoms with van der Waals surface area (Å²) in [7, 11) is 0. The molecule has 0 spiro atoms. The van der Waals surface area contributed by atoms with Crippen LogP contribution in [0.1, 0.15) is 19.8 Å². The minimum absolute atomic E-state index is 0.0259. The number of pyridine rings is 1. The maximum atomic E-state index is 12.4. The van der Waals surface area contributed by atoms with E-state index in [0.29, 0.717) is 0 Å². The van der Waals surface area contributed by atoms with Gasteiger partial charge in [0, 0.05) is 51.5 Å². The summed E-state index contributed by atoms with van der Waals surface area (Å²) < 4.78 is 1.55. The van der Waals surface area contributed by atoms with Crippen molar-refractivity contribution in [3.05, 3.63) is 28.7 Å². The van der Waals surface area contributed by atoms with Crippen LogP contribution < -0.4 is 15.8 Å². The Hall–Kier alpha value is -1.82. The number of nitrogens with zero attached hydrogens (tertiary/aromatic N) is 3. The Kier molecular flexibility index (Phi) is 5.00. The summed E-state index contributed by atoms with van der Waals surface area (Å²) >= 11 is 0. The number of aromatic nitrogens is 1. The highest BCUT2D eigenvalue weighted by Gasteiger charge is 2.19. The lowest BCUT2D eigenvalue weighted by molar-refractivity contribution is -0.132. The fourth-order valence-electron chi connectivity index (χ4n) is 3.26. The molecule has 0 bridgehead atoms. The van der Waals surface area contributed by atoms with Crippen molar-refractivity contribution >= 4 is 11.6 Å². The van der Waals surface area contributed by atoms with E-state index in [1.165, 1.54) is 12.8 Å². The molecular weight excluding hydrogens is 292 g/mol. The Balaban J connectivity index is 1.70. The summed E-state index contributed by atoms with van der Waals surface area (Å²) in [4.78, 5) is 28.6. The minimum Gasteiger partial charge on any atom is -0.370 e. The van der Waals surface area contributed by atoms with Crippen molar-refractivity contribution in [1.82, 2.24) is 14.8 Å². The predicted molar refractivity (Wildman–Crippen MR) is 90.8 cm³/mol. The van der Waals surface area contributed by atoms with E-state index in [2.05, 4.69) is 17.1 Å². The first-order chi connectivity index (χ1) is 11.1. The molecule has 1 amide bonds. The van der Waals surface area contributed by atoms with E-state index in [9.17, 15) is 9.59 Å². The third-order valence-corrected chi connectivity index (χ3v) is 4.89. The zero-order valence-corrected chi connectivity index (χ0v) is 13.8. The van der Waals surface area contributed by atoms with Gasteiger partial charge in [0.05, 0.1) is 5.69 Å². The maximum absolute atomic E-state index is 12.4. The van der Waals surface area contributed by atoms with E-state index in [-0.39, 0.29) is 18.0 Å². The molecule has 3 rings (SSSR count). The van der Waals surface area contributed by atoms with Gasteiger partial charge in [-0.2, -0.15) is 0 Å². The number of anilines is 1. The minimum atomic E-state index is -0.109. The van der Waals surface area contributed by atoms with Crippen LogP contribution in [0.4, 0.5) is 5.69 Å². The van der Waals surface area contributed by atoms with E-state index in [0.717, 1.165) is 50.9 Å². The van der Waals surface area contributed by atoms with Gasteiger partial charge in [0.2, 0.25) is 5.91 Å². The van der Waals surface area contributed by atoms with E-state index >= 15 is 0 Å². The van der Waals surface area contributed by atoms with E-state index in [1.807, 2.05) is 17.2 Å². The Morgan fingerprint density at radius 1 is 1.17 bits per heavy atom. The third-order valence-electron chi connectivity index (χ3n) is 4.89. The Morgan fingerprint density at radius 3 is 2.57 bits per heavy atom. The van der Waals surface area contributed by atoms with Gasteiger partial charge >= 0.3 is 0 Å². The summed E-state index contributed by atoms with van der Waals surface area (Å²) in [6.45, 7) is 7.55. The average Bonchev–Trinajstić information content (AvgIpc) is 2.58. The fourth-order valence-corrected chi connectivity index (χ4v) is 3.26. The van der Waals surface area contributed by atoms with Gasteiger partial charge in [0.15, 0.2) is 0 Å². The summed E-state index contributed by atoms with van der Waals surface area (Å²) in [6, 6.07) is 3.46. The van der Waals surface area contributed by atoms with Gasteiger partial charge in [0.25, 0.3) is 5.56 Å². The summed E-state index contributed by atoms with van der Waals surface area (Å²) in [5, 5.41) is 3.23. The van der Waals surface area contributed by atoms with Crippen LogP contribution in [-0.2, 0) is 11.3 Å². The van der Waals surface area contributed by atoms with Crippen molar-refractivity contribution < 1.29 is 4.79 Å². The van der Waals surface area contributed by atoms with Crippen molar-refractivity contribution in [3.8, 4) is 0 Å². The van der Waals surface area contributed by atoms with Gasteiger partial charge < -0.3 is 19.7 Å². The quantitative estimate of drug-likeness (QED) is 0.883. The molecule has 2 fully saturated rings. The molecule has 6 nitrogen and oxygen atoms in total. The number of piperidine rings is 1. The topological polar surface area (TPSA) is 57.6 Å². The predicted octanol–water partition coefficient (Wildman–Crippen LogP) is 0.516. The highest BCUT2D eigenvalue weighted by molar-refractivity contribution is 5.76. The van der Waals surface area contributed by atoms with Gasteiger partial charge in [-0.25, -0.2) is 0 Å². The second-order valence-corrected chi connectivity index (χ2v) is 6.65. The molecule has 1 aromatic rings. The normalized spacial score (nSPS) is 19.9. The summed E-state index contributed by atoms with van der Waals surface area (Å²) in [5.41, 5.74) is 0.937.